The van der Waals surface area contributed by atoms with E-state index in [1.54, 1.807) is 37.3 Å². The first kappa shape index (κ1) is 23.6. The van der Waals surface area contributed by atoms with E-state index >= 15 is 0 Å². The molecule has 176 valence electrons. The second-order valence-electron chi connectivity index (χ2n) is 8.98. The first-order valence-electron chi connectivity index (χ1n) is 11.0. The van der Waals surface area contributed by atoms with Crippen LogP contribution >= 0.6 is 0 Å². The van der Waals surface area contributed by atoms with E-state index in [1.165, 1.54) is 0 Å². The molecule has 0 saturated carbocycles. The highest BCUT2D eigenvalue weighted by Crippen LogP contribution is 2.36. The number of furan rings is 1. The molecule has 0 spiro atoms. The zero-order valence-electron chi connectivity index (χ0n) is 19.6. The van der Waals surface area contributed by atoms with Crippen molar-refractivity contribution < 1.29 is 22.4 Å². The molecule has 0 aliphatic heterocycles. The van der Waals surface area contributed by atoms with Gasteiger partial charge in [-0.2, -0.15) is 0 Å². The number of hydrogen-bond donors (Lipinski definition) is 1. The fraction of sp³-hybridized carbons (Fsp3) is 0.222. The SMILES string of the molecule is CCOC(=O)c1c(-c2ccccc2)oc2ccc(NS(=O)(=O)c3ccc(C(C)(C)C)cc3)cc12. The maximum atomic E-state index is 13.0. The molecule has 1 N–H and O–H groups in total. The van der Waals surface area contributed by atoms with Crippen molar-refractivity contribution in [2.24, 2.45) is 0 Å². The predicted octanol–water partition coefficient (Wildman–Crippen LogP) is 6.37. The van der Waals surface area contributed by atoms with Crippen molar-refractivity contribution in [2.45, 2.75) is 38.0 Å². The molecule has 3 aromatic carbocycles. The zero-order valence-corrected chi connectivity index (χ0v) is 20.4. The summed E-state index contributed by atoms with van der Waals surface area (Å²) < 4.78 is 39.9. The topological polar surface area (TPSA) is 85.6 Å². The van der Waals surface area contributed by atoms with Crippen LogP contribution < -0.4 is 4.72 Å². The van der Waals surface area contributed by atoms with Gasteiger partial charge in [0.2, 0.25) is 0 Å². The maximum absolute atomic E-state index is 13.0. The van der Waals surface area contributed by atoms with Crippen molar-refractivity contribution in [3.8, 4) is 11.3 Å². The summed E-state index contributed by atoms with van der Waals surface area (Å²) in [5.41, 5.74) is 2.72. The van der Waals surface area contributed by atoms with Crippen molar-refractivity contribution in [2.75, 3.05) is 11.3 Å². The smallest absolute Gasteiger partial charge is 0.342 e. The number of benzene rings is 3. The molecule has 0 saturated heterocycles. The summed E-state index contributed by atoms with van der Waals surface area (Å²) in [6.45, 7) is 8.14. The molecule has 0 atom stereocenters. The van der Waals surface area contributed by atoms with Gasteiger partial charge in [-0.25, -0.2) is 13.2 Å². The fourth-order valence-corrected chi connectivity index (χ4v) is 4.76. The lowest BCUT2D eigenvalue weighted by molar-refractivity contribution is 0.0528. The van der Waals surface area contributed by atoms with Crippen LogP contribution in [-0.2, 0) is 20.2 Å². The zero-order chi connectivity index (χ0) is 24.5. The van der Waals surface area contributed by atoms with Gasteiger partial charge in [0.25, 0.3) is 10.0 Å². The molecular weight excluding hydrogens is 450 g/mol. The molecule has 4 aromatic rings. The van der Waals surface area contributed by atoms with Gasteiger partial charge < -0.3 is 9.15 Å². The Morgan fingerprint density at radius 3 is 2.26 bits per heavy atom. The number of rotatable bonds is 6. The molecule has 0 amide bonds. The van der Waals surface area contributed by atoms with Gasteiger partial charge in [0.05, 0.1) is 11.5 Å². The minimum atomic E-state index is -3.83. The average molecular weight is 478 g/mol. The van der Waals surface area contributed by atoms with Crippen LogP contribution in [0.5, 0.6) is 0 Å². The molecule has 4 rings (SSSR count). The molecule has 0 radical (unpaired) electrons. The summed E-state index contributed by atoms with van der Waals surface area (Å²) in [5, 5.41) is 0.473. The number of sulfonamides is 1. The van der Waals surface area contributed by atoms with Crippen LogP contribution in [0.25, 0.3) is 22.3 Å². The Morgan fingerprint density at radius 1 is 0.971 bits per heavy atom. The van der Waals surface area contributed by atoms with Gasteiger partial charge in [-0.15, -0.1) is 0 Å². The monoisotopic (exact) mass is 477 g/mol. The predicted molar refractivity (Wildman–Crippen MR) is 134 cm³/mol. The number of esters is 1. The number of carbonyl (C=O) groups excluding carboxylic acids is 1. The molecule has 0 fully saturated rings. The molecular formula is C27H27NO5S. The Hall–Kier alpha value is -3.58. The van der Waals surface area contributed by atoms with E-state index in [-0.39, 0.29) is 22.5 Å². The summed E-state index contributed by atoms with van der Waals surface area (Å²) in [5.74, 6) is -0.148. The van der Waals surface area contributed by atoms with Crippen LogP contribution in [0.15, 0.2) is 82.1 Å². The molecule has 7 heteroatoms. The Kier molecular flexibility index (Phi) is 6.23. The minimum Gasteiger partial charge on any atom is -0.462 e. The van der Waals surface area contributed by atoms with Crippen LogP contribution in [0.1, 0.15) is 43.6 Å². The van der Waals surface area contributed by atoms with Crippen molar-refractivity contribution in [1.29, 1.82) is 0 Å². The van der Waals surface area contributed by atoms with Crippen molar-refractivity contribution >= 4 is 32.6 Å². The van der Waals surface area contributed by atoms with Gasteiger partial charge in [-0.3, -0.25) is 4.72 Å². The van der Waals surface area contributed by atoms with Crippen molar-refractivity contribution in [3.05, 3.63) is 83.9 Å². The number of carbonyl (C=O) groups is 1. The summed E-state index contributed by atoms with van der Waals surface area (Å²) >= 11 is 0. The van der Waals surface area contributed by atoms with Crippen LogP contribution in [0, 0.1) is 0 Å². The highest BCUT2D eigenvalue weighted by molar-refractivity contribution is 7.92. The molecule has 0 bridgehead atoms. The van der Waals surface area contributed by atoms with Crippen LogP contribution in [0.2, 0.25) is 0 Å². The fourth-order valence-electron chi connectivity index (χ4n) is 3.71. The molecule has 1 aromatic heterocycles. The Balaban J connectivity index is 1.74. The van der Waals surface area contributed by atoms with Gasteiger partial charge in [0.15, 0.2) is 0 Å². The normalized spacial score (nSPS) is 12.0. The lowest BCUT2D eigenvalue weighted by Crippen LogP contribution is -2.15. The molecule has 0 unspecified atom stereocenters. The highest BCUT2D eigenvalue weighted by atomic mass is 32.2. The second kappa shape index (κ2) is 8.99. The lowest BCUT2D eigenvalue weighted by atomic mass is 9.87. The highest BCUT2D eigenvalue weighted by Gasteiger charge is 2.24. The van der Waals surface area contributed by atoms with Gasteiger partial charge in [-0.05, 0) is 48.2 Å². The first-order valence-corrected chi connectivity index (χ1v) is 12.5. The third-order valence-electron chi connectivity index (χ3n) is 5.49. The Morgan fingerprint density at radius 2 is 1.65 bits per heavy atom. The van der Waals surface area contributed by atoms with E-state index in [9.17, 15) is 13.2 Å². The van der Waals surface area contributed by atoms with E-state index in [4.69, 9.17) is 9.15 Å². The third kappa shape index (κ3) is 4.70. The number of anilines is 1. The quantitative estimate of drug-likeness (QED) is 0.326. The van der Waals surface area contributed by atoms with Crippen LogP contribution in [0.4, 0.5) is 5.69 Å². The van der Waals surface area contributed by atoms with Gasteiger partial charge in [0.1, 0.15) is 16.9 Å². The maximum Gasteiger partial charge on any atom is 0.342 e. The molecule has 6 nitrogen and oxygen atoms in total. The summed E-state index contributed by atoms with van der Waals surface area (Å²) in [6.07, 6.45) is 0. The molecule has 0 aliphatic rings. The Labute approximate surface area is 199 Å². The summed E-state index contributed by atoms with van der Waals surface area (Å²) in [7, 11) is -3.83. The van der Waals surface area contributed by atoms with Gasteiger partial charge in [0, 0.05) is 16.6 Å². The average Bonchev–Trinajstić information content (AvgIpc) is 3.18. The van der Waals surface area contributed by atoms with Gasteiger partial charge >= 0.3 is 5.97 Å². The van der Waals surface area contributed by atoms with E-state index in [1.807, 2.05) is 42.5 Å². The molecule has 1 heterocycles. The minimum absolute atomic E-state index is 0.0814. The number of fused-ring (bicyclic) bond motifs is 1. The van der Waals surface area contributed by atoms with E-state index in [0.717, 1.165) is 11.1 Å². The molecule has 34 heavy (non-hydrogen) atoms. The number of ether oxygens (including phenoxy) is 1. The van der Waals surface area contributed by atoms with Crippen LogP contribution in [-0.4, -0.2) is 21.0 Å². The van der Waals surface area contributed by atoms with E-state index in [2.05, 4.69) is 25.5 Å². The van der Waals surface area contributed by atoms with E-state index in [0.29, 0.717) is 22.4 Å². The second-order valence-corrected chi connectivity index (χ2v) is 10.7. The van der Waals surface area contributed by atoms with Crippen LogP contribution in [0.3, 0.4) is 0 Å². The first-order chi connectivity index (χ1) is 16.1. The number of nitrogens with one attached hydrogen (secondary N) is 1. The van der Waals surface area contributed by atoms with Crippen molar-refractivity contribution in [1.82, 2.24) is 0 Å². The van der Waals surface area contributed by atoms with Gasteiger partial charge in [-0.1, -0.05) is 63.2 Å². The largest absolute Gasteiger partial charge is 0.462 e. The third-order valence-corrected chi connectivity index (χ3v) is 6.88. The lowest BCUT2D eigenvalue weighted by Gasteiger charge is -2.19. The summed E-state index contributed by atoms with van der Waals surface area (Å²) in [4.78, 5) is 13.0. The van der Waals surface area contributed by atoms with Crippen molar-refractivity contribution in [3.63, 3.8) is 0 Å². The standard InChI is InChI=1S/C27H27NO5S/c1-5-32-26(29)24-22-17-20(13-16-23(22)33-25(24)18-9-7-6-8-10-18)28-34(30,31)21-14-11-19(12-15-21)27(2,3)4/h6-17,28H,5H2,1-4H3. The van der Waals surface area contributed by atoms with E-state index < -0.39 is 16.0 Å². The Bertz CT molecular complexity index is 1430. The number of hydrogen-bond acceptors (Lipinski definition) is 5. The molecule has 0 aliphatic carbocycles. The summed E-state index contributed by atoms with van der Waals surface area (Å²) in [6, 6.07) is 20.9.